The molecule has 2 rings (SSSR count). The molecule has 0 N–H and O–H groups in total. The zero-order valence-electron chi connectivity index (χ0n) is 13.8. The number of thiocarbonyl (C=S) groups is 1. The highest BCUT2D eigenvalue weighted by molar-refractivity contribution is 8.26. The summed E-state index contributed by atoms with van der Waals surface area (Å²) in [4.78, 5) is 37.2. The monoisotopic (exact) mass is 379 g/mol. The van der Waals surface area contributed by atoms with Crippen molar-refractivity contribution < 1.29 is 23.9 Å². The summed E-state index contributed by atoms with van der Waals surface area (Å²) in [6.07, 6.45) is 2.38. The van der Waals surface area contributed by atoms with Crippen LogP contribution in [0.1, 0.15) is 29.3 Å². The van der Waals surface area contributed by atoms with Crippen molar-refractivity contribution in [1.82, 2.24) is 4.90 Å². The van der Waals surface area contributed by atoms with E-state index in [0.717, 1.165) is 17.3 Å². The molecule has 1 saturated heterocycles. The Morgan fingerprint density at radius 3 is 2.56 bits per heavy atom. The van der Waals surface area contributed by atoms with Gasteiger partial charge in [-0.1, -0.05) is 43.0 Å². The van der Waals surface area contributed by atoms with Crippen LogP contribution in [0.5, 0.6) is 0 Å². The molecule has 0 saturated carbocycles. The molecule has 1 aromatic carbocycles. The standard InChI is InChI=1S/C17H17NO5S2/c1-3-8-23-14(19)10-18-15(20)13(25-17(18)24)9-11-4-6-12(7-5-11)16(21)22-2/h4-7,9H,3,8,10H2,1-2H3. The van der Waals surface area contributed by atoms with Gasteiger partial charge < -0.3 is 9.47 Å². The molecule has 25 heavy (non-hydrogen) atoms. The maximum Gasteiger partial charge on any atom is 0.337 e. The highest BCUT2D eigenvalue weighted by Gasteiger charge is 2.33. The van der Waals surface area contributed by atoms with Crippen LogP contribution in [-0.2, 0) is 19.1 Å². The van der Waals surface area contributed by atoms with Gasteiger partial charge in [0.05, 0.1) is 24.2 Å². The predicted molar refractivity (Wildman–Crippen MR) is 98.9 cm³/mol. The average molecular weight is 379 g/mol. The van der Waals surface area contributed by atoms with Crippen LogP contribution in [0, 0.1) is 0 Å². The third kappa shape index (κ3) is 4.90. The minimum Gasteiger partial charge on any atom is -0.465 e. The van der Waals surface area contributed by atoms with Gasteiger partial charge in [0.15, 0.2) is 0 Å². The highest BCUT2D eigenvalue weighted by Crippen LogP contribution is 2.32. The number of carbonyl (C=O) groups excluding carboxylic acids is 3. The van der Waals surface area contributed by atoms with Crippen LogP contribution in [0.15, 0.2) is 29.2 Å². The van der Waals surface area contributed by atoms with Gasteiger partial charge in [-0.15, -0.1) is 0 Å². The van der Waals surface area contributed by atoms with Gasteiger partial charge in [0.1, 0.15) is 10.9 Å². The van der Waals surface area contributed by atoms with Gasteiger partial charge in [0.2, 0.25) is 0 Å². The number of esters is 2. The Morgan fingerprint density at radius 1 is 1.28 bits per heavy atom. The number of methoxy groups -OCH3 is 1. The molecule has 0 atom stereocenters. The first-order chi connectivity index (χ1) is 12.0. The highest BCUT2D eigenvalue weighted by atomic mass is 32.2. The first kappa shape index (κ1) is 19.1. The summed E-state index contributed by atoms with van der Waals surface area (Å²) in [6, 6.07) is 6.63. The van der Waals surface area contributed by atoms with E-state index in [1.165, 1.54) is 12.0 Å². The van der Waals surface area contributed by atoms with Crippen LogP contribution in [-0.4, -0.2) is 47.3 Å². The van der Waals surface area contributed by atoms with Gasteiger partial charge in [0, 0.05) is 0 Å². The molecule has 1 aliphatic rings. The Kier molecular flexibility index (Phi) is 6.72. The number of carbonyl (C=O) groups is 3. The molecule has 1 amide bonds. The number of thioether (sulfide) groups is 1. The Bertz CT molecular complexity index is 727. The number of amides is 1. The second-order valence-corrected chi connectivity index (χ2v) is 6.78. The average Bonchev–Trinajstić information content (AvgIpc) is 2.87. The second kappa shape index (κ2) is 8.77. The third-order valence-electron chi connectivity index (χ3n) is 3.26. The van der Waals surface area contributed by atoms with Crippen LogP contribution in [0.3, 0.4) is 0 Å². The van der Waals surface area contributed by atoms with E-state index < -0.39 is 11.9 Å². The summed E-state index contributed by atoms with van der Waals surface area (Å²) in [5, 5.41) is 0. The number of ether oxygens (including phenoxy) is 2. The smallest absolute Gasteiger partial charge is 0.337 e. The van der Waals surface area contributed by atoms with Crippen molar-refractivity contribution in [2.24, 2.45) is 0 Å². The Balaban J connectivity index is 2.09. The number of benzene rings is 1. The van der Waals surface area contributed by atoms with Crippen LogP contribution in [0.25, 0.3) is 6.08 Å². The summed E-state index contributed by atoms with van der Waals surface area (Å²) >= 11 is 6.30. The van der Waals surface area contributed by atoms with E-state index in [1.54, 1.807) is 30.3 Å². The first-order valence-electron chi connectivity index (χ1n) is 7.55. The zero-order chi connectivity index (χ0) is 18.4. The lowest BCUT2D eigenvalue weighted by atomic mass is 10.1. The van der Waals surface area contributed by atoms with Crippen molar-refractivity contribution in [2.45, 2.75) is 13.3 Å². The topological polar surface area (TPSA) is 72.9 Å². The van der Waals surface area contributed by atoms with Crippen LogP contribution >= 0.6 is 24.0 Å². The lowest BCUT2D eigenvalue weighted by molar-refractivity contribution is -0.146. The van der Waals surface area contributed by atoms with Crippen LogP contribution < -0.4 is 0 Å². The SMILES string of the molecule is CCCOC(=O)CN1C(=O)C(=Cc2ccc(C(=O)OC)cc2)SC1=S. The van der Waals surface area contributed by atoms with E-state index in [4.69, 9.17) is 17.0 Å². The first-order valence-corrected chi connectivity index (χ1v) is 8.78. The molecule has 0 unspecified atom stereocenters. The van der Waals surface area contributed by atoms with E-state index in [2.05, 4.69) is 4.74 Å². The summed E-state index contributed by atoms with van der Waals surface area (Å²) in [6.45, 7) is 2.01. The van der Waals surface area contributed by atoms with Gasteiger partial charge in [0.25, 0.3) is 5.91 Å². The van der Waals surface area contributed by atoms with Crippen LogP contribution in [0.4, 0.5) is 0 Å². The maximum atomic E-state index is 12.4. The quantitative estimate of drug-likeness (QED) is 0.427. The molecule has 0 aromatic heterocycles. The summed E-state index contributed by atoms with van der Waals surface area (Å²) in [5.74, 6) is -1.24. The van der Waals surface area contributed by atoms with Gasteiger partial charge >= 0.3 is 11.9 Å². The van der Waals surface area contributed by atoms with Gasteiger partial charge in [-0.05, 0) is 30.2 Å². The van der Waals surface area contributed by atoms with E-state index in [1.807, 2.05) is 6.92 Å². The number of hydrogen-bond donors (Lipinski definition) is 0. The molecule has 132 valence electrons. The molecule has 6 nitrogen and oxygen atoms in total. The Labute approximate surface area is 155 Å². The fourth-order valence-electron chi connectivity index (χ4n) is 2.01. The van der Waals surface area contributed by atoms with E-state index in [9.17, 15) is 14.4 Å². The normalized spacial score (nSPS) is 15.6. The minimum atomic E-state index is -0.484. The largest absolute Gasteiger partial charge is 0.465 e. The van der Waals surface area contributed by atoms with Gasteiger partial charge in [-0.2, -0.15) is 0 Å². The molecule has 0 spiro atoms. The molecule has 0 aliphatic carbocycles. The molecule has 1 aliphatic heterocycles. The maximum absolute atomic E-state index is 12.4. The fraction of sp³-hybridized carbons (Fsp3) is 0.294. The van der Waals surface area contributed by atoms with E-state index >= 15 is 0 Å². The molecule has 0 radical (unpaired) electrons. The van der Waals surface area contributed by atoms with Crippen molar-refractivity contribution in [3.8, 4) is 0 Å². The second-order valence-electron chi connectivity index (χ2n) is 5.10. The summed E-state index contributed by atoms with van der Waals surface area (Å²) in [5.41, 5.74) is 1.16. The van der Waals surface area contributed by atoms with Crippen molar-refractivity contribution in [3.05, 3.63) is 40.3 Å². The predicted octanol–water partition coefficient (Wildman–Crippen LogP) is 2.63. The Hall–Kier alpha value is -2.19. The molecule has 8 heteroatoms. The van der Waals surface area contributed by atoms with Crippen molar-refractivity contribution >= 4 is 52.2 Å². The lowest BCUT2D eigenvalue weighted by Gasteiger charge is -2.13. The van der Waals surface area contributed by atoms with Gasteiger partial charge in [-0.3, -0.25) is 14.5 Å². The van der Waals surface area contributed by atoms with Crippen molar-refractivity contribution in [3.63, 3.8) is 0 Å². The number of nitrogens with zero attached hydrogens (tertiary/aromatic N) is 1. The third-order valence-corrected chi connectivity index (χ3v) is 4.64. The fourth-order valence-corrected chi connectivity index (χ4v) is 3.27. The van der Waals surface area contributed by atoms with Crippen LogP contribution in [0.2, 0.25) is 0 Å². The van der Waals surface area contributed by atoms with E-state index in [-0.39, 0.29) is 12.5 Å². The molecule has 0 bridgehead atoms. The molecule has 1 heterocycles. The van der Waals surface area contributed by atoms with Crippen molar-refractivity contribution in [2.75, 3.05) is 20.3 Å². The molecule has 1 fully saturated rings. The van der Waals surface area contributed by atoms with E-state index in [0.29, 0.717) is 27.8 Å². The minimum absolute atomic E-state index is 0.191. The molecular weight excluding hydrogens is 362 g/mol. The zero-order valence-corrected chi connectivity index (χ0v) is 15.4. The summed E-state index contributed by atoms with van der Waals surface area (Å²) in [7, 11) is 1.31. The summed E-state index contributed by atoms with van der Waals surface area (Å²) < 4.78 is 9.94. The number of hydrogen-bond acceptors (Lipinski definition) is 7. The number of rotatable bonds is 6. The molecular formula is C17H17NO5S2. The van der Waals surface area contributed by atoms with Crippen molar-refractivity contribution in [1.29, 1.82) is 0 Å². The Morgan fingerprint density at radius 2 is 1.96 bits per heavy atom. The lowest BCUT2D eigenvalue weighted by Crippen LogP contribution is -2.34. The molecule has 1 aromatic rings. The van der Waals surface area contributed by atoms with Gasteiger partial charge in [-0.25, -0.2) is 4.79 Å².